The van der Waals surface area contributed by atoms with Crippen molar-refractivity contribution in [1.82, 2.24) is 4.98 Å². The molecule has 2 nitrogen and oxygen atoms in total. The standard InChI is InChI=1S/C25H12ClNOS2/c26-17-12-21-23(22-15-6-2-4-8-20(15)29-24(17)22)27-25(30-21)13-9-10-19-16(11-13)14-5-1-3-7-18(14)28-19/h1-12H. The topological polar surface area (TPSA) is 26.0 Å². The second-order valence-corrected chi connectivity index (χ2v) is 9.83. The van der Waals surface area contributed by atoms with E-state index in [0.717, 1.165) is 57.8 Å². The average Bonchev–Trinajstić information content (AvgIpc) is 3.46. The number of rotatable bonds is 1. The summed E-state index contributed by atoms with van der Waals surface area (Å²) in [4.78, 5) is 5.08. The van der Waals surface area contributed by atoms with Gasteiger partial charge in [0.1, 0.15) is 16.2 Å². The molecular formula is C25H12ClNOS2. The van der Waals surface area contributed by atoms with E-state index in [0.29, 0.717) is 0 Å². The van der Waals surface area contributed by atoms with Crippen LogP contribution in [0.25, 0.3) is 62.9 Å². The second-order valence-electron chi connectivity index (χ2n) is 7.34. The van der Waals surface area contributed by atoms with Crippen LogP contribution < -0.4 is 0 Å². The molecule has 0 aliphatic carbocycles. The Balaban J connectivity index is 1.53. The minimum atomic E-state index is 0.796. The Kier molecular flexibility index (Phi) is 3.39. The zero-order valence-corrected chi connectivity index (χ0v) is 17.9. The molecule has 0 atom stereocenters. The number of para-hydroxylation sites is 1. The summed E-state index contributed by atoms with van der Waals surface area (Å²) < 4.78 is 9.44. The minimum Gasteiger partial charge on any atom is -0.456 e. The summed E-state index contributed by atoms with van der Waals surface area (Å²) in [6, 6.07) is 25.0. The first-order valence-electron chi connectivity index (χ1n) is 9.58. The Morgan fingerprint density at radius 2 is 1.53 bits per heavy atom. The fourth-order valence-corrected chi connectivity index (χ4v) is 6.73. The molecule has 0 aliphatic heterocycles. The number of thiophene rings is 1. The van der Waals surface area contributed by atoms with Gasteiger partial charge in [-0.15, -0.1) is 22.7 Å². The zero-order valence-electron chi connectivity index (χ0n) is 15.5. The molecule has 4 aromatic carbocycles. The number of aromatic nitrogens is 1. The van der Waals surface area contributed by atoms with Crippen molar-refractivity contribution in [3.8, 4) is 10.6 Å². The lowest BCUT2D eigenvalue weighted by Crippen LogP contribution is -1.77. The van der Waals surface area contributed by atoms with Crippen LogP contribution in [0.4, 0.5) is 0 Å². The molecule has 142 valence electrons. The molecule has 3 heterocycles. The number of nitrogens with zero attached hydrogens (tertiary/aromatic N) is 1. The minimum absolute atomic E-state index is 0.796. The highest BCUT2D eigenvalue weighted by molar-refractivity contribution is 7.27. The van der Waals surface area contributed by atoms with E-state index in [1.165, 1.54) is 10.1 Å². The molecular weight excluding hydrogens is 430 g/mol. The smallest absolute Gasteiger partial charge is 0.135 e. The highest BCUT2D eigenvalue weighted by Crippen LogP contribution is 2.45. The first-order chi connectivity index (χ1) is 14.8. The SMILES string of the molecule is Clc1cc2sc(-c3ccc4oc5ccccc5c4c3)nc2c2c1sc1ccccc12. The third-order valence-corrected chi connectivity index (χ3v) is 8.25. The lowest BCUT2D eigenvalue weighted by atomic mass is 10.1. The van der Waals surface area contributed by atoms with Gasteiger partial charge in [-0.05, 0) is 36.4 Å². The molecule has 7 rings (SSSR count). The Hall–Kier alpha value is -2.92. The molecule has 0 saturated heterocycles. The van der Waals surface area contributed by atoms with Crippen molar-refractivity contribution in [2.75, 3.05) is 0 Å². The van der Waals surface area contributed by atoms with Crippen molar-refractivity contribution in [3.05, 3.63) is 77.8 Å². The molecule has 0 amide bonds. The molecule has 0 saturated carbocycles. The third kappa shape index (κ3) is 2.27. The summed E-state index contributed by atoms with van der Waals surface area (Å²) in [5.41, 5.74) is 3.94. The maximum absolute atomic E-state index is 6.67. The molecule has 7 aromatic rings. The van der Waals surface area contributed by atoms with Crippen molar-refractivity contribution < 1.29 is 4.42 Å². The van der Waals surface area contributed by atoms with Gasteiger partial charge < -0.3 is 4.42 Å². The van der Waals surface area contributed by atoms with Gasteiger partial charge in [0, 0.05) is 31.8 Å². The summed E-state index contributed by atoms with van der Waals surface area (Å²) in [6.45, 7) is 0. The largest absolute Gasteiger partial charge is 0.456 e. The fourth-order valence-electron chi connectivity index (χ4n) is 4.22. The first-order valence-corrected chi connectivity index (χ1v) is 11.6. The van der Waals surface area contributed by atoms with Gasteiger partial charge in [-0.3, -0.25) is 0 Å². The normalized spacial score (nSPS) is 12.2. The van der Waals surface area contributed by atoms with Crippen LogP contribution in [0.2, 0.25) is 5.02 Å². The number of benzene rings is 4. The Bertz CT molecular complexity index is 1770. The average molecular weight is 442 g/mol. The predicted octanol–water partition coefficient (Wildman–Crippen LogP) is 8.88. The van der Waals surface area contributed by atoms with E-state index in [1.54, 1.807) is 22.7 Å². The lowest BCUT2D eigenvalue weighted by molar-refractivity contribution is 0.669. The maximum Gasteiger partial charge on any atom is 0.135 e. The number of thiazole rings is 1. The van der Waals surface area contributed by atoms with Crippen LogP contribution in [0, 0.1) is 0 Å². The van der Waals surface area contributed by atoms with Crippen molar-refractivity contribution in [2.24, 2.45) is 0 Å². The van der Waals surface area contributed by atoms with Crippen molar-refractivity contribution in [3.63, 3.8) is 0 Å². The van der Waals surface area contributed by atoms with Crippen LogP contribution in [-0.4, -0.2) is 4.98 Å². The Morgan fingerprint density at radius 3 is 2.47 bits per heavy atom. The second kappa shape index (κ2) is 6.05. The molecule has 0 unspecified atom stereocenters. The third-order valence-electron chi connectivity index (χ3n) is 5.58. The van der Waals surface area contributed by atoms with Crippen molar-refractivity contribution in [2.45, 2.75) is 0 Å². The van der Waals surface area contributed by atoms with Gasteiger partial charge in [-0.2, -0.15) is 0 Å². The first kappa shape index (κ1) is 16.8. The Morgan fingerprint density at radius 1 is 0.733 bits per heavy atom. The van der Waals surface area contributed by atoms with Crippen LogP contribution in [0.15, 0.2) is 77.2 Å². The van der Waals surface area contributed by atoms with E-state index in [2.05, 4.69) is 48.5 Å². The van der Waals surface area contributed by atoms with Gasteiger partial charge in [-0.1, -0.05) is 48.0 Å². The van der Waals surface area contributed by atoms with E-state index in [9.17, 15) is 0 Å². The molecule has 0 fully saturated rings. The molecule has 3 aromatic heterocycles. The van der Waals surface area contributed by atoms with Crippen LogP contribution in [0.3, 0.4) is 0 Å². The maximum atomic E-state index is 6.67. The van der Waals surface area contributed by atoms with Crippen LogP contribution in [0.1, 0.15) is 0 Å². The van der Waals surface area contributed by atoms with Crippen molar-refractivity contribution in [1.29, 1.82) is 0 Å². The molecule has 0 spiro atoms. The number of fused-ring (bicyclic) bond motifs is 8. The number of furan rings is 1. The van der Waals surface area contributed by atoms with E-state index >= 15 is 0 Å². The predicted molar refractivity (Wildman–Crippen MR) is 130 cm³/mol. The number of hydrogen-bond acceptors (Lipinski definition) is 4. The summed E-state index contributed by atoms with van der Waals surface area (Å²) >= 11 is 10.1. The van der Waals surface area contributed by atoms with Gasteiger partial charge in [0.2, 0.25) is 0 Å². The molecule has 0 radical (unpaired) electrons. The molecule has 0 aliphatic rings. The van der Waals surface area contributed by atoms with Gasteiger partial charge >= 0.3 is 0 Å². The molecule has 0 bridgehead atoms. The highest BCUT2D eigenvalue weighted by atomic mass is 35.5. The molecule has 0 N–H and O–H groups in total. The number of halogens is 1. The van der Waals surface area contributed by atoms with Crippen molar-refractivity contribution >= 4 is 86.6 Å². The quantitative estimate of drug-likeness (QED) is 0.254. The highest BCUT2D eigenvalue weighted by Gasteiger charge is 2.17. The Labute approximate surface area is 183 Å². The van der Waals surface area contributed by atoms with E-state index in [4.69, 9.17) is 21.0 Å². The van der Waals surface area contributed by atoms with Crippen LogP contribution in [-0.2, 0) is 0 Å². The van der Waals surface area contributed by atoms with Crippen LogP contribution >= 0.6 is 34.3 Å². The van der Waals surface area contributed by atoms with E-state index < -0.39 is 0 Å². The van der Waals surface area contributed by atoms with Crippen LogP contribution in [0.5, 0.6) is 0 Å². The summed E-state index contributed by atoms with van der Waals surface area (Å²) in [5.74, 6) is 0. The van der Waals surface area contributed by atoms with Gasteiger partial charge in [0.25, 0.3) is 0 Å². The summed E-state index contributed by atoms with van der Waals surface area (Å²) in [6.07, 6.45) is 0. The van der Waals surface area contributed by atoms with E-state index in [1.807, 2.05) is 24.3 Å². The molecule has 5 heteroatoms. The monoisotopic (exact) mass is 441 g/mol. The van der Waals surface area contributed by atoms with Gasteiger partial charge in [0.15, 0.2) is 0 Å². The van der Waals surface area contributed by atoms with E-state index in [-0.39, 0.29) is 0 Å². The number of hydrogen-bond donors (Lipinski definition) is 0. The summed E-state index contributed by atoms with van der Waals surface area (Å²) in [5, 5.41) is 6.42. The lowest BCUT2D eigenvalue weighted by Gasteiger charge is -1.97. The zero-order chi connectivity index (χ0) is 19.8. The van der Waals surface area contributed by atoms with Gasteiger partial charge in [0.05, 0.1) is 19.9 Å². The fraction of sp³-hybridized carbons (Fsp3) is 0. The molecule has 30 heavy (non-hydrogen) atoms. The summed E-state index contributed by atoms with van der Waals surface area (Å²) in [7, 11) is 0. The van der Waals surface area contributed by atoms with Gasteiger partial charge in [-0.25, -0.2) is 4.98 Å².